The third kappa shape index (κ3) is 5.49. The van der Waals surface area contributed by atoms with Gasteiger partial charge in [-0.15, -0.1) is 0 Å². The molecular weight excluding hydrogens is 389 g/mol. The van der Waals surface area contributed by atoms with Gasteiger partial charge < -0.3 is 15.0 Å². The van der Waals surface area contributed by atoms with E-state index in [1.165, 1.54) is 17.0 Å². The van der Waals surface area contributed by atoms with E-state index in [1.54, 1.807) is 37.8 Å². The fourth-order valence-corrected chi connectivity index (χ4v) is 3.95. The van der Waals surface area contributed by atoms with Gasteiger partial charge in [0, 0.05) is 31.2 Å². The van der Waals surface area contributed by atoms with Crippen LogP contribution in [0, 0.1) is 11.7 Å². The second kappa shape index (κ2) is 9.02. The zero-order chi connectivity index (χ0) is 21.9. The van der Waals surface area contributed by atoms with Crippen LogP contribution in [0.1, 0.15) is 46.5 Å². The number of hydrogen-bond donors (Lipinski definition) is 1. The molecule has 0 saturated carbocycles. The molecule has 0 aliphatic carbocycles. The molecule has 0 aromatic heterocycles. The zero-order valence-electron chi connectivity index (χ0n) is 17.8. The molecule has 2 aliphatic heterocycles. The highest BCUT2D eigenvalue weighted by atomic mass is 19.1. The van der Waals surface area contributed by atoms with E-state index in [0.29, 0.717) is 44.6 Å². The predicted octanol–water partition coefficient (Wildman–Crippen LogP) is 3.40. The van der Waals surface area contributed by atoms with Crippen molar-refractivity contribution in [2.75, 3.05) is 25.0 Å². The maximum Gasteiger partial charge on any atom is 0.410 e. The van der Waals surface area contributed by atoms with Gasteiger partial charge in [-0.05, 0) is 64.7 Å². The van der Waals surface area contributed by atoms with Gasteiger partial charge in [0.25, 0.3) is 0 Å². The number of nitrogens with one attached hydrogen (secondary N) is 1. The zero-order valence-corrected chi connectivity index (χ0v) is 17.8. The molecule has 1 atom stereocenters. The van der Waals surface area contributed by atoms with Gasteiger partial charge in [-0.2, -0.15) is 0 Å². The van der Waals surface area contributed by atoms with Crippen LogP contribution in [-0.4, -0.2) is 59.0 Å². The molecule has 30 heavy (non-hydrogen) atoms. The average molecular weight is 419 g/mol. The highest BCUT2D eigenvalue weighted by Gasteiger charge is 2.39. The van der Waals surface area contributed by atoms with Crippen LogP contribution in [0.5, 0.6) is 0 Å². The van der Waals surface area contributed by atoms with Gasteiger partial charge in [-0.25, -0.2) is 9.18 Å². The highest BCUT2D eigenvalue weighted by Crippen LogP contribution is 2.26. The van der Waals surface area contributed by atoms with Gasteiger partial charge in [-0.3, -0.25) is 14.5 Å². The molecule has 3 amide bonds. The van der Waals surface area contributed by atoms with Crippen molar-refractivity contribution >= 4 is 23.6 Å². The quantitative estimate of drug-likeness (QED) is 0.814. The molecule has 7 nitrogen and oxygen atoms in total. The summed E-state index contributed by atoms with van der Waals surface area (Å²) in [6.07, 6.45) is 2.00. The lowest BCUT2D eigenvalue weighted by atomic mass is 9.95. The number of carbonyl (C=O) groups is 3. The summed E-state index contributed by atoms with van der Waals surface area (Å²) in [6, 6.07) is 5.29. The first kappa shape index (κ1) is 22.1. The second-order valence-corrected chi connectivity index (χ2v) is 8.93. The Morgan fingerprint density at radius 1 is 1.10 bits per heavy atom. The van der Waals surface area contributed by atoms with Gasteiger partial charge in [0.2, 0.25) is 11.8 Å². The molecule has 1 unspecified atom stereocenters. The van der Waals surface area contributed by atoms with Crippen molar-refractivity contribution in [3.8, 4) is 0 Å². The van der Waals surface area contributed by atoms with Crippen LogP contribution in [-0.2, 0) is 14.3 Å². The van der Waals surface area contributed by atoms with Crippen LogP contribution >= 0.6 is 0 Å². The normalized spacial score (nSPS) is 20.2. The highest BCUT2D eigenvalue weighted by molar-refractivity contribution is 5.93. The summed E-state index contributed by atoms with van der Waals surface area (Å²) in [5.74, 6) is -0.881. The van der Waals surface area contributed by atoms with Crippen molar-refractivity contribution in [2.24, 2.45) is 5.92 Å². The maximum atomic E-state index is 13.3. The average Bonchev–Trinajstić information content (AvgIpc) is 3.16. The lowest BCUT2D eigenvalue weighted by Crippen LogP contribution is -2.51. The van der Waals surface area contributed by atoms with Crippen molar-refractivity contribution < 1.29 is 23.5 Å². The first-order valence-corrected chi connectivity index (χ1v) is 10.5. The summed E-state index contributed by atoms with van der Waals surface area (Å²) >= 11 is 0. The first-order valence-electron chi connectivity index (χ1n) is 10.5. The van der Waals surface area contributed by atoms with Crippen molar-refractivity contribution in [3.63, 3.8) is 0 Å². The minimum absolute atomic E-state index is 0.0812. The summed E-state index contributed by atoms with van der Waals surface area (Å²) < 4.78 is 18.7. The molecule has 1 aromatic rings. The van der Waals surface area contributed by atoms with Gasteiger partial charge in [-0.1, -0.05) is 6.07 Å². The number of piperidine rings is 1. The SMILES string of the molecule is CC(C)(C)OC(=O)N1CCCC1C(=O)N1CCC(C(=O)Nc2cccc(F)c2)CC1. The number of amides is 3. The van der Waals surface area contributed by atoms with Crippen molar-refractivity contribution in [1.29, 1.82) is 0 Å². The van der Waals surface area contributed by atoms with Crippen LogP contribution < -0.4 is 5.32 Å². The van der Waals surface area contributed by atoms with E-state index >= 15 is 0 Å². The van der Waals surface area contributed by atoms with Crippen LogP contribution in [0.4, 0.5) is 14.9 Å². The summed E-state index contributed by atoms with van der Waals surface area (Å²) in [5.41, 5.74) is -0.182. The van der Waals surface area contributed by atoms with E-state index in [1.807, 2.05) is 0 Å². The molecular formula is C22H30FN3O4. The topological polar surface area (TPSA) is 79.0 Å². The summed E-state index contributed by atoms with van der Waals surface area (Å²) in [4.78, 5) is 41.2. The molecule has 2 aliphatic rings. The van der Waals surface area contributed by atoms with Crippen LogP contribution in [0.25, 0.3) is 0 Å². The molecule has 1 N–H and O–H groups in total. The monoisotopic (exact) mass is 419 g/mol. The van der Waals surface area contributed by atoms with Crippen molar-refractivity contribution in [3.05, 3.63) is 30.1 Å². The number of ether oxygens (including phenoxy) is 1. The van der Waals surface area contributed by atoms with Crippen molar-refractivity contribution in [1.82, 2.24) is 9.80 Å². The smallest absolute Gasteiger partial charge is 0.410 e. The number of benzene rings is 1. The van der Waals surface area contributed by atoms with Crippen LogP contribution in [0.3, 0.4) is 0 Å². The van der Waals surface area contributed by atoms with Gasteiger partial charge in [0.1, 0.15) is 17.5 Å². The Labute approximate surface area is 176 Å². The Bertz CT molecular complexity index is 800. The Morgan fingerprint density at radius 3 is 2.43 bits per heavy atom. The largest absolute Gasteiger partial charge is 0.444 e. The molecule has 0 bridgehead atoms. The first-order chi connectivity index (χ1) is 14.1. The third-order valence-electron chi connectivity index (χ3n) is 5.44. The standard InChI is InChI=1S/C22H30FN3O4/c1-22(2,3)30-21(29)26-11-5-8-18(26)20(28)25-12-9-15(10-13-25)19(27)24-17-7-4-6-16(23)14-17/h4,6-7,14-15,18H,5,8-13H2,1-3H3,(H,24,27). The van der Waals surface area contributed by atoms with Gasteiger partial charge in [0.15, 0.2) is 0 Å². The van der Waals surface area contributed by atoms with E-state index in [0.717, 1.165) is 6.42 Å². The molecule has 0 radical (unpaired) electrons. The summed E-state index contributed by atoms with van der Waals surface area (Å²) in [5, 5.41) is 2.74. The minimum atomic E-state index is -0.610. The van der Waals surface area contributed by atoms with E-state index in [-0.39, 0.29) is 17.7 Å². The third-order valence-corrected chi connectivity index (χ3v) is 5.44. The Kier molecular flexibility index (Phi) is 6.63. The van der Waals surface area contributed by atoms with E-state index in [9.17, 15) is 18.8 Å². The Balaban J connectivity index is 1.53. The minimum Gasteiger partial charge on any atom is -0.444 e. The number of hydrogen-bond acceptors (Lipinski definition) is 4. The van der Waals surface area contributed by atoms with E-state index in [4.69, 9.17) is 4.74 Å². The Morgan fingerprint density at radius 2 is 1.80 bits per heavy atom. The number of anilines is 1. The van der Waals surface area contributed by atoms with Gasteiger partial charge >= 0.3 is 6.09 Å². The maximum absolute atomic E-state index is 13.3. The summed E-state index contributed by atoms with van der Waals surface area (Å²) in [7, 11) is 0. The molecule has 2 fully saturated rings. The number of likely N-dealkylation sites (tertiary alicyclic amines) is 2. The van der Waals surface area contributed by atoms with Crippen molar-refractivity contribution in [2.45, 2.75) is 58.1 Å². The van der Waals surface area contributed by atoms with E-state index in [2.05, 4.69) is 5.32 Å². The number of rotatable bonds is 3. The molecule has 164 valence electrons. The van der Waals surface area contributed by atoms with E-state index < -0.39 is 23.6 Å². The fourth-order valence-electron chi connectivity index (χ4n) is 3.95. The molecule has 8 heteroatoms. The predicted molar refractivity (Wildman–Crippen MR) is 110 cm³/mol. The lowest BCUT2D eigenvalue weighted by Gasteiger charge is -2.35. The second-order valence-electron chi connectivity index (χ2n) is 8.93. The summed E-state index contributed by atoms with van der Waals surface area (Å²) in [6.45, 7) is 6.83. The van der Waals surface area contributed by atoms with Gasteiger partial charge in [0.05, 0.1) is 0 Å². The molecule has 0 spiro atoms. The Hall–Kier alpha value is -2.64. The van der Waals surface area contributed by atoms with Crippen LogP contribution in [0.2, 0.25) is 0 Å². The number of halogens is 1. The number of nitrogens with zero attached hydrogens (tertiary/aromatic N) is 2. The molecule has 1 aromatic carbocycles. The van der Waals surface area contributed by atoms with Crippen LogP contribution in [0.15, 0.2) is 24.3 Å². The molecule has 3 rings (SSSR count). The molecule has 2 saturated heterocycles. The lowest BCUT2D eigenvalue weighted by molar-refractivity contribution is -0.138. The molecule has 2 heterocycles. The fraction of sp³-hybridized carbons (Fsp3) is 0.591. The number of carbonyl (C=O) groups excluding carboxylic acids is 3.